The van der Waals surface area contributed by atoms with Gasteiger partial charge < -0.3 is 20.1 Å². The van der Waals surface area contributed by atoms with Crippen LogP contribution in [0.4, 0.5) is 0 Å². The molecule has 3 atom stereocenters. The van der Waals surface area contributed by atoms with Crippen molar-refractivity contribution < 1.29 is 14.6 Å². The molecule has 0 radical (unpaired) electrons. The average molecular weight is 232 g/mol. The molecule has 0 aromatic heterocycles. The first kappa shape index (κ1) is 11.2. The van der Waals surface area contributed by atoms with E-state index in [2.05, 4.69) is 17.9 Å². The predicted octanol–water partition coefficient (Wildman–Crippen LogP) is -1.18. The van der Waals surface area contributed by atoms with Crippen molar-refractivity contribution in [3.05, 3.63) is 0 Å². The van der Waals surface area contributed by atoms with Crippen LogP contribution in [0, 0.1) is 0 Å². The number of nitrogens with zero attached hydrogens (tertiary/aromatic N) is 1. The number of hydrogen-bond donors (Lipinski definition) is 3. The summed E-state index contributed by atoms with van der Waals surface area (Å²) in [4.78, 5) is 13.4. The van der Waals surface area contributed by atoms with Gasteiger partial charge in [0.2, 0.25) is 5.91 Å². The lowest BCUT2D eigenvalue weighted by Gasteiger charge is -2.26. The zero-order valence-electron chi connectivity index (χ0n) is 8.43. The van der Waals surface area contributed by atoms with E-state index in [1.165, 1.54) is 0 Å². The number of carbonyl (C=O) groups excluding carboxylic acids is 1. The minimum atomic E-state index is -0.0512. The zero-order chi connectivity index (χ0) is 10.8. The number of thiol groups is 1. The lowest BCUT2D eigenvalue weighted by Crippen LogP contribution is -2.45. The Hall–Kier alpha value is -0.300. The third-order valence-electron chi connectivity index (χ3n) is 2.71. The van der Waals surface area contributed by atoms with Crippen LogP contribution in [-0.2, 0) is 9.53 Å². The Balaban J connectivity index is 1.75. The van der Waals surface area contributed by atoms with Gasteiger partial charge >= 0.3 is 0 Å². The molecule has 0 spiro atoms. The highest BCUT2D eigenvalue weighted by molar-refractivity contribution is 7.81. The molecular formula is C9H16N2O3S. The third-order valence-corrected chi connectivity index (χ3v) is 3.19. The summed E-state index contributed by atoms with van der Waals surface area (Å²) in [6.07, 6.45) is 0.540. The van der Waals surface area contributed by atoms with Gasteiger partial charge in [0.1, 0.15) is 6.10 Å². The van der Waals surface area contributed by atoms with Crippen molar-refractivity contribution in [1.82, 2.24) is 10.2 Å². The molecule has 3 unspecified atom stereocenters. The first-order chi connectivity index (χ1) is 7.24. The average Bonchev–Trinajstić information content (AvgIpc) is 2.96. The zero-order valence-corrected chi connectivity index (χ0v) is 9.32. The Kier molecular flexibility index (Phi) is 3.50. The molecule has 0 bridgehead atoms. The quantitative estimate of drug-likeness (QED) is 0.317. The first-order valence-corrected chi connectivity index (χ1v) is 5.70. The van der Waals surface area contributed by atoms with Crippen molar-refractivity contribution in [3.63, 3.8) is 0 Å². The van der Waals surface area contributed by atoms with Crippen LogP contribution < -0.4 is 5.32 Å². The maximum Gasteiger partial charge on any atom is 0.225 e. The lowest BCUT2D eigenvalue weighted by molar-refractivity contribution is -0.133. The van der Waals surface area contributed by atoms with E-state index in [4.69, 9.17) is 9.84 Å². The maximum atomic E-state index is 11.6. The number of amides is 1. The number of likely N-dealkylation sites (tertiary alicyclic amines) is 1. The number of epoxide rings is 1. The van der Waals surface area contributed by atoms with Gasteiger partial charge in [-0.05, 0) is 0 Å². The molecular weight excluding hydrogens is 216 g/mol. The van der Waals surface area contributed by atoms with Crippen molar-refractivity contribution in [1.29, 1.82) is 0 Å². The van der Waals surface area contributed by atoms with Gasteiger partial charge in [-0.25, -0.2) is 0 Å². The smallest absolute Gasteiger partial charge is 0.225 e. The van der Waals surface area contributed by atoms with Crippen molar-refractivity contribution in [2.24, 2.45) is 0 Å². The standard InChI is InChI=1S/C9H16N2O3S/c12-4-2-10-1-3-11-7(13)5-6(15)8-9(11)14-8/h6,8-10,12,15H,1-5H2. The Labute approximate surface area is 94.2 Å². The van der Waals surface area contributed by atoms with Gasteiger partial charge in [0.05, 0.1) is 6.61 Å². The lowest BCUT2D eigenvalue weighted by atomic mass is 10.1. The number of hydrogen-bond acceptors (Lipinski definition) is 5. The number of nitrogens with one attached hydrogen (secondary N) is 1. The van der Waals surface area contributed by atoms with E-state index in [1.807, 2.05) is 0 Å². The SMILES string of the molecule is O=C1CC(S)C2OC2N1CCNCCO. The predicted molar refractivity (Wildman–Crippen MR) is 57.7 cm³/mol. The van der Waals surface area contributed by atoms with Gasteiger partial charge in [0.25, 0.3) is 0 Å². The second-order valence-corrected chi connectivity index (χ2v) is 4.49. The van der Waals surface area contributed by atoms with Gasteiger partial charge in [-0.1, -0.05) is 0 Å². The summed E-state index contributed by atoms with van der Waals surface area (Å²) in [7, 11) is 0. The molecule has 1 amide bonds. The molecule has 6 heteroatoms. The van der Waals surface area contributed by atoms with Crippen molar-refractivity contribution in [3.8, 4) is 0 Å². The minimum Gasteiger partial charge on any atom is -0.395 e. The number of aliphatic hydroxyl groups is 1. The summed E-state index contributed by atoms with van der Waals surface area (Å²) < 4.78 is 5.38. The second kappa shape index (κ2) is 4.69. The van der Waals surface area contributed by atoms with Crippen LogP contribution in [0.25, 0.3) is 0 Å². The van der Waals surface area contributed by atoms with Crippen LogP contribution in [0.5, 0.6) is 0 Å². The van der Waals surface area contributed by atoms with E-state index in [0.717, 1.165) is 0 Å². The van der Waals surface area contributed by atoms with Gasteiger partial charge in [0, 0.05) is 31.3 Å². The molecule has 86 valence electrons. The number of ether oxygens (including phenoxy) is 1. The molecule has 2 saturated heterocycles. The summed E-state index contributed by atoms with van der Waals surface area (Å²) in [6.45, 7) is 2.01. The minimum absolute atomic E-state index is 0.0512. The molecule has 0 aliphatic carbocycles. The summed E-state index contributed by atoms with van der Waals surface area (Å²) in [6, 6.07) is 0. The Morgan fingerprint density at radius 2 is 2.40 bits per heavy atom. The fourth-order valence-corrected chi connectivity index (χ4v) is 2.23. The Morgan fingerprint density at radius 3 is 3.13 bits per heavy atom. The van der Waals surface area contributed by atoms with Crippen molar-refractivity contribution >= 4 is 18.5 Å². The summed E-state index contributed by atoms with van der Waals surface area (Å²) >= 11 is 4.30. The number of piperidine rings is 1. The molecule has 2 heterocycles. The van der Waals surface area contributed by atoms with Crippen LogP contribution in [0.15, 0.2) is 0 Å². The van der Waals surface area contributed by atoms with Crippen LogP contribution >= 0.6 is 12.6 Å². The third kappa shape index (κ3) is 2.44. The summed E-state index contributed by atoms with van der Waals surface area (Å²) in [5, 5.41) is 11.7. The van der Waals surface area contributed by atoms with Crippen molar-refractivity contribution in [2.75, 3.05) is 26.2 Å². The number of fused-ring (bicyclic) bond motifs is 1. The van der Waals surface area contributed by atoms with E-state index in [9.17, 15) is 4.79 Å². The molecule has 0 aromatic rings. The molecule has 2 rings (SSSR count). The molecule has 5 nitrogen and oxygen atoms in total. The maximum absolute atomic E-state index is 11.6. The van der Waals surface area contributed by atoms with Crippen LogP contribution in [0.3, 0.4) is 0 Å². The Morgan fingerprint density at radius 1 is 1.60 bits per heavy atom. The molecule has 2 N–H and O–H groups in total. The summed E-state index contributed by atoms with van der Waals surface area (Å²) in [5.74, 6) is 0.111. The summed E-state index contributed by atoms with van der Waals surface area (Å²) in [5.41, 5.74) is 0. The molecule has 15 heavy (non-hydrogen) atoms. The molecule has 0 saturated carbocycles. The van der Waals surface area contributed by atoms with Gasteiger partial charge in [-0.15, -0.1) is 0 Å². The molecule has 2 aliphatic heterocycles. The molecule has 2 aliphatic rings. The highest BCUT2D eigenvalue weighted by Gasteiger charge is 2.53. The fraction of sp³-hybridized carbons (Fsp3) is 0.889. The van der Waals surface area contributed by atoms with Gasteiger partial charge in [-0.3, -0.25) is 4.79 Å². The monoisotopic (exact) mass is 232 g/mol. The number of rotatable bonds is 5. The van der Waals surface area contributed by atoms with E-state index in [0.29, 0.717) is 26.1 Å². The van der Waals surface area contributed by atoms with Gasteiger partial charge in [0.15, 0.2) is 6.23 Å². The first-order valence-electron chi connectivity index (χ1n) is 5.18. The van der Waals surface area contributed by atoms with Crippen LogP contribution in [-0.4, -0.2) is 59.7 Å². The van der Waals surface area contributed by atoms with Crippen LogP contribution in [0.1, 0.15) is 6.42 Å². The number of carbonyl (C=O) groups is 1. The van der Waals surface area contributed by atoms with E-state index in [1.54, 1.807) is 4.90 Å². The molecule has 0 aromatic carbocycles. The topological polar surface area (TPSA) is 65.1 Å². The van der Waals surface area contributed by atoms with E-state index in [-0.39, 0.29) is 30.1 Å². The second-order valence-electron chi connectivity index (χ2n) is 3.82. The van der Waals surface area contributed by atoms with Crippen LogP contribution in [0.2, 0.25) is 0 Å². The fourth-order valence-electron chi connectivity index (χ4n) is 1.86. The van der Waals surface area contributed by atoms with E-state index >= 15 is 0 Å². The highest BCUT2D eigenvalue weighted by Crippen LogP contribution is 2.37. The number of aliphatic hydroxyl groups excluding tert-OH is 1. The largest absolute Gasteiger partial charge is 0.395 e. The Bertz CT molecular complexity index is 252. The van der Waals surface area contributed by atoms with Gasteiger partial charge in [-0.2, -0.15) is 12.6 Å². The van der Waals surface area contributed by atoms with E-state index < -0.39 is 0 Å². The molecule has 2 fully saturated rings. The highest BCUT2D eigenvalue weighted by atomic mass is 32.1. The van der Waals surface area contributed by atoms with Crippen molar-refractivity contribution in [2.45, 2.75) is 24.0 Å². The normalized spacial score (nSPS) is 34.1.